The molecule has 1 unspecified atom stereocenters. The normalized spacial score (nSPS) is 18.1. The molecule has 2 amide bonds. The Hall–Kier alpha value is -1.89. The molecule has 0 aliphatic carbocycles. The molecule has 1 atom stereocenters. The summed E-state index contributed by atoms with van der Waals surface area (Å²) in [5, 5.41) is 10.7. The monoisotopic (exact) mass is 296 g/mol. The Morgan fingerprint density at radius 2 is 2.25 bits per heavy atom. The van der Waals surface area contributed by atoms with Gasteiger partial charge in [-0.25, -0.2) is 0 Å². The van der Waals surface area contributed by atoms with Crippen molar-refractivity contribution >= 4 is 29.1 Å². The van der Waals surface area contributed by atoms with E-state index in [9.17, 15) is 14.4 Å². The molecule has 1 aliphatic heterocycles. The van der Waals surface area contributed by atoms with E-state index in [1.165, 1.54) is 21.1 Å². The molecular weight excluding hydrogens is 280 g/mol. The van der Waals surface area contributed by atoms with Crippen molar-refractivity contribution in [1.29, 1.82) is 0 Å². The molecule has 2 rings (SSSR count). The van der Waals surface area contributed by atoms with Gasteiger partial charge in [0, 0.05) is 20.1 Å². The van der Waals surface area contributed by atoms with E-state index in [0.717, 1.165) is 0 Å². The van der Waals surface area contributed by atoms with E-state index in [2.05, 4.69) is 0 Å². The third-order valence-corrected chi connectivity index (χ3v) is 4.20. The highest BCUT2D eigenvalue weighted by molar-refractivity contribution is 7.12. The molecule has 0 radical (unpaired) electrons. The van der Waals surface area contributed by atoms with Gasteiger partial charge in [-0.05, 0) is 17.9 Å². The van der Waals surface area contributed by atoms with Gasteiger partial charge in [0.2, 0.25) is 5.91 Å². The van der Waals surface area contributed by atoms with Crippen LogP contribution in [0.5, 0.6) is 0 Å². The molecule has 108 valence electrons. The lowest BCUT2D eigenvalue weighted by atomic mass is 10.1. The second-order valence-corrected chi connectivity index (χ2v) is 5.75. The minimum Gasteiger partial charge on any atom is -0.481 e. The van der Waals surface area contributed by atoms with Gasteiger partial charge in [-0.3, -0.25) is 14.4 Å². The molecule has 1 aromatic heterocycles. The molecule has 0 bridgehead atoms. The van der Waals surface area contributed by atoms with E-state index in [4.69, 9.17) is 5.11 Å². The van der Waals surface area contributed by atoms with Crippen molar-refractivity contribution in [2.24, 2.45) is 5.92 Å². The van der Waals surface area contributed by atoms with Crippen LogP contribution in [0.15, 0.2) is 17.5 Å². The van der Waals surface area contributed by atoms with E-state index in [1.54, 1.807) is 24.6 Å². The molecule has 1 aromatic rings. The first-order chi connectivity index (χ1) is 9.49. The smallest absolute Gasteiger partial charge is 0.308 e. The lowest BCUT2D eigenvalue weighted by Gasteiger charge is -2.21. The molecule has 6 nitrogen and oxygen atoms in total. The van der Waals surface area contributed by atoms with Gasteiger partial charge in [-0.2, -0.15) is 0 Å². The van der Waals surface area contributed by atoms with Gasteiger partial charge < -0.3 is 14.9 Å². The quantitative estimate of drug-likeness (QED) is 0.889. The lowest BCUT2D eigenvalue weighted by molar-refractivity contribution is -0.141. The predicted molar refractivity (Wildman–Crippen MR) is 73.6 cm³/mol. The molecule has 1 fully saturated rings. The van der Waals surface area contributed by atoms with Crippen LogP contribution in [-0.4, -0.2) is 59.4 Å². The molecule has 20 heavy (non-hydrogen) atoms. The SMILES string of the molecule is CN(CC(=O)N1CCC(C(=O)O)C1)C(=O)c1cccs1. The molecule has 1 saturated heterocycles. The highest BCUT2D eigenvalue weighted by atomic mass is 32.1. The van der Waals surface area contributed by atoms with E-state index >= 15 is 0 Å². The summed E-state index contributed by atoms with van der Waals surface area (Å²) in [6.45, 7) is 0.648. The number of hydrogen-bond acceptors (Lipinski definition) is 4. The van der Waals surface area contributed by atoms with Gasteiger partial charge in [0.25, 0.3) is 5.91 Å². The fourth-order valence-corrected chi connectivity index (χ4v) is 2.87. The number of carboxylic acid groups (broad SMARTS) is 1. The van der Waals surface area contributed by atoms with Crippen molar-refractivity contribution in [3.05, 3.63) is 22.4 Å². The van der Waals surface area contributed by atoms with Gasteiger partial charge in [-0.15, -0.1) is 11.3 Å². The maximum Gasteiger partial charge on any atom is 0.308 e. The van der Waals surface area contributed by atoms with E-state index in [1.807, 2.05) is 0 Å². The zero-order valence-electron chi connectivity index (χ0n) is 11.1. The lowest BCUT2D eigenvalue weighted by Crippen LogP contribution is -2.40. The Bertz CT molecular complexity index is 514. The Balaban J connectivity index is 1.89. The van der Waals surface area contributed by atoms with E-state index < -0.39 is 11.9 Å². The molecule has 7 heteroatoms. The fraction of sp³-hybridized carbons (Fsp3) is 0.462. The number of carbonyl (C=O) groups is 3. The summed E-state index contributed by atoms with van der Waals surface area (Å²) in [4.78, 5) is 38.4. The van der Waals surface area contributed by atoms with Gasteiger partial charge in [0.15, 0.2) is 0 Å². The first kappa shape index (κ1) is 14.5. The summed E-state index contributed by atoms with van der Waals surface area (Å²) in [5.41, 5.74) is 0. The predicted octanol–water partition coefficient (Wildman–Crippen LogP) is 0.753. The van der Waals surface area contributed by atoms with Crippen LogP contribution in [0.1, 0.15) is 16.1 Å². The first-order valence-corrected chi connectivity index (χ1v) is 7.16. The summed E-state index contributed by atoms with van der Waals surface area (Å²) in [5.74, 6) is -1.76. The van der Waals surface area contributed by atoms with Gasteiger partial charge in [-0.1, -0.05) is 6.07 Å². The number of nitrogens with zero attached hydrogens (tertiary/aromatic N) is 2. The van der Waals surface area contributed by atoms with Crippen molar-refractivity contribution in [2.75, 3.05) is 26.7 Å². The molecule has 0 aromatic carbocycles. The molecule has 1 aliphatic rings. The van der Waals surface area contributed by atoms with Crippen LogP contribution in [0, 0.1) is 5.92 Å². The molecule has 2 heterocycles. The number of thiophene rings is 1. The zero-order chi connectivity index (χ0) is 14.7. The number of likely N-dealkylation sites (N-methyl/N-ethyl adjacent to an activating group) is 1. The van der Waals surface area contributed by atoms with Crippen molar-refractivity contribution in [1.82, 2.24) is 9.80 Å². The van der Waals surface area contributed by atoms with Gasteiger partial charge >= 0.3 is 5.97 Å². The Morgan fingerprint density at radius 1 is 1.50 bits per heavy atom. The maximum absolute atomic E-state index is 12.0. The summed E-state index contributed by atoms with van der Waals surface area (Å²) in [6, 6.07) is 3.50. The van der Waals surface area contributed by atoms with E-state index in [0.29, 0.717) is 17.8 Å². The standard InChI is InChI=1S/C13H16N2O4S/c1-14(12(17)10-3-2-6-20-10)8-11(16)15-5-4-9(7-15)13(18)19/h2-3,6,9H,4-5,7-8H2,1H3,(H,18,19). The van der Waals surface area contributed by atoms with Crippen LogP contribution >= 0.6 is 11.3 Å². The molecule has 1 N–H and O–H groups in total. The minimum absolute atomic E-state index is 0.0247. The summed E-state index contributed by atoms with van der Waals surface area (Å²) in [6.07, 6.45) is 0.476. The second kappa shape index (κ2) is 6.04. The number of carboxylic acids is 1. The van der Waals surface area contributed by atoms with Crippen molar-refractivity contribution < 1.29 is 19.5 Å². The number of aliphatic carboxylic acids is 1. The summed E-state index contributed by atoms with van der Waals surface area (Å²) < 4.78 is 0. The fourth-order valence-electron chi connectivity index (χ4n) is 2.15. The van der Waals surface area contributed by atoms with Crippen LogP contribution in [0.3, 0.4) is 0 Å². The van der Waals surface area contributed by atoms with Crippen molar-refractivity contribution in [2.45, 2.75) is 6.42 Å². The van der Waals surface area contributed by atoms with E-state index in [-0.39, 0.29) is 24.9 Å². The third-order valence-electron chi connectivity index (χ3n) is 3.34. The Labute approximate surface area is 120 Å². The van der Waals surface area contributed by atoms with Crippen LogP contribution < -0.4 is 0 Å². The Kier molecular flexibility index (Phi) is 4.39. The van der Waals surface area contributed by atoms with Crippen LogP contribution in [0.25, 0.3) is 0 Å². The highest BCUT2D eigenvalue weighted by Crippen LogP contribution is 2.17. The minimum atomic E-state index is -0.872. The van der Waals surface area contributed by atoms with Crippen molar-refractivity contribution in [3.8, 4) is 0 Å². The van der Waals surface area contributed by atoms with Crippen LogP contribution in [0.4, 0.5) is 0 Å². The number of rotatable bonds is 4. The summed E-state index contributed by atoms with van der Waals surface area (Å²) >= 11 is 1.33. The molecule has 0 spiro atoms. The van der Waals surface area contributed by atoms with Crippen molar-refractivity contribution in [3.63, 3.8) is 0 Å². The maximum atomic E-state index is 12.0. The van der Waals surface area contributed by atoms with Gasteiger partial charge in [0.1, 0.15) is 0 Å². The molecular formula is C13H16N2O4S. The number of hydrogen-bond donors (Lipinski definition) is 1. The average Bonchev–Trinajstić information content (AvgIpc) is 3.08. The van der Waals surface area contributed by atoms with Crippen LogP contribution in [0.2, 0.25) is 0 Å². The third kappa shape index (κ3) is 3.16. The zero-order valence-corrected chi connectivity index (χ0v) is 11.9. The average molecular weight is 296 g/mol. The first-order valence-electron chi connectivity index (χ1n) is 6.28. The second-order valence-electron chi connectivity index (χ2n) is 4.80. The summed E-state index contributed by atoms with van der Waals surface area (Å²) in [7, 11) is 1.57. The van der Waals surface area contributed by atoms with Crippen LogP contribution in [-0.2, 0) is 9.59 Å². The number of amides is 2. The highest BCUT2D eigenvalue weighted by Gasteiger charge is 2.31. The number of likely N-dealkylation sites (tertiary alicyclic amines) is 1. The largest absolute Gasteiger partial charge is 0.481 e. The van der Waals surface area contributed by atoms with Gasteiger partial charge in [0.05, 0.1) is 17.3 Å². The molecule has 0 saturated carbocycles. The topological polar surface area (TPSA) is 77.9 Å². The number of carbonyl (C=O) groups excluding carboxylic acids is 2. The Morgan fingerprint density at radius 3 is 2.80 bits per heavy atom.